The summed E-state index contributed by atoms with van der Waals surface area (Å²) in [7, 11) is 1.63. The quantitative estimate of drug-likeness (QED) is 0.618. The summed E-state index contributed by atoms with van der Waals surface area (Å²) in [5.74, 6) is -0.404. The molecule has 0 unspecified atom stereocenters. The van der Waals surface area contributed by atoms with Crippen LogP contribution in [-0.2, 0) is 4.74 Å². The number of carbonyl (C=O) groups is 1. The van der Waals surface area contributed by atoms with Gasteiger partial charge in [0.25, 0.3) is 5.91 Å². The van der Waals surface area contributed by atoms with E-state index in [1.807, 2.05) is 11.2 Å². The Balaban J connectivity index is 2.46. The molecule has 2 rings (SSSR count). The van der Waals surface area contributed by atoms with Crippen LogP contribution in [0.2, 0.25) is 0 Å². The summed E-state index contributed by atoms with van der Waals surface area (Å²) in [6.45, 7) is 5.14. The Morgan fingerprint density at radius 3 is 2.50 bits per heavy atom. The van der Waals surface area contributed by atoms with Gasteiger partial charge in [0.05, 0.1) is 12.8 Å². The summed E-state index contributed by atoms with van der Waals surface area (Å²) in [6.07, 6.45) is 5.23. The summed E-state index contributed by atoms with van der Waals surface area (Å²) in [4.78, 5) is 19.6. The van der Waals surface area contributed by atoms with Gasteiger partial charge in [-0.25, -0.2) is 9.37 Å². The molecule has 142 valence electrons. The zero-order valence-corrected chi connectivity index (χ0v) is 16.6. The predicted octanol–water partition coefficient (Wildman–Crippen LogP) is 4.01. The molecule has 0 saturated heterocycles. The van der Waals surface area contributed by atoms with Gasteiger partial charge in [0.2, 0.25) is 0 Å². The first kappa shape index (κ1) is 20.5. The van der Waals surface area contributed by atoms with Crippen molar-refractivity contribution in [2.24, 2.45) is 0 Å². The summed E-state index contributed by atoms with van der Waals surface area (Å²) in [5.41, 5.74) is 1.19. The van der Waals surface area contributed by atoms with E-state index in [4.69, 9.17) is 4.74 Å². The molecule has 0 aliphatic heterocycles. The average molecular weight is 380 g/mol. The van der Waals surface area contributed by atoms with Crippen molar-refractivity contribution in [2.75, 3.05) is 26.5 Å². The lowest BCUT2D eigenvalue weighted by atomic mass is 10.1. The lowest BCUT2D eigenvalue weighted by Gasteiger charge is -2.30. The van der Waals surface area contributed by atoms with E-state index in [1.165, 1.54) is 23.9 Å². The van der Waals surface area contributed by atoms with Crippen LogP contribution in [0.15, 0.2) is 35.6 Å². The van der Waals surface area contributed by atoms with Crippen molar-refractivity contribution >= 4 is 17.7 Å². The third-order valence-electron chi connectivity index (χ3n) is 4.40. The highest BCUT2D eigenvalue weighted by Crippen LogP contribution is 2.24. The summed E-state index contributed by atoms with van der Waals surface area (Å²) >= 11 is 1.44. The predicted molar refractivity (Wildman–Crippen MR) is 103 cm³/mol. The van der Waals surface area contributed by atoms with E-state index >= 15 is 0 Å². The fourth-order valence-corrected chi connectivity index (χ4v) is 3.53. The second kappa shape index (κ2) is 9.73. The summed E-state index contributed by atoms with van der Waals surface area (Å²) in [5, 5.41) is 0.691. The number of nitrogens with zero attached hydrogens (tertiary/aromatic N) is 3. The molecule has 7 heteroatoms. The molecular weight excluding hydrogens is 353 g/mol. The van der Waals surface area contributed by atoms with Crippen molar-refractivity contribution in [1.82, 2.24) is 14.5 Å². The minimum atomic E-state index is -0.314. The molecule has 1 aromatic heterocycles. The Kier molecular flexibility index (Phi) is 7.66. The van der Waals surface area contributed by atoms with Gasteiger partial charge in [-0.2, -0.15) is 0 Å². The standard InChI is InChI=1S/C19H26FN3O2S/c1-5-15(6-2)22(11-12-25-3)18(24)17-13-21-19(26-4)23(17)16-9-7-14(20)8-10-16/h7-10,13,15H,5-6,11-12H2,1-4H3. The molecule has 1 aromatic carbocycles. The minimum absolute atomic E-state index is 0.0899. The van der Waals surface area contributed by atoms with Gasteiger partial charge in [-0.1, -0.05) is 25.6 Å². The topological polar surface area (TPSA) is 47.4 Å². The SMILES string of the molecule is CCC(CC)N(CCOC)C(=O)c1cnc(SC)n1-c1ccc(F)cc1. The van der Waals surface area contributed by atoms with Crippen molar-refractivity contribution in [1.29, 1.82) is 0 Å². The summed E-state index contributed by atoms with van der Waals surface area (Å²) in [6, 6.07) is 6.22. The van der Waals surface area contributed by atoms with Crippen molar-refractivity contribution in [3.63, 3.8) is 0 Å². The van der Waals surface area contributed by atoms with E-state index in [9.17, 15) is 9.18 Å². The van der Waals surface area contributed by atoms with Gasteiger partial charge in [0.15, 0.2) is 5.16 Å². The molecule has 0 saturated carbocycles. The van der Waals surface area contributed by atoms with Crippen LogP contribution in [0.5, 0.6) is 0 Å². The van der Waals surface area contributed by atoms with Gasteiger partial charge in [-0.15, -0.1) is 0 Å². The number of hydrogen-bond donors (Lipinski definition) is 0. The maximum Gasteiger partial charge on any atom is 0.272 e. The second-order valence-electron chi connectivity index (χ2n) is 5.90. The number of carbonyl (C=O) groups excluding carboxylic acids is 1. The number of amides is 1. The number of hydrogen-bond acceptors (Lipinski definition) is 4. The van der Waals surface area contributed by atoms with Gasteiger partial charge in [0.1, 0.15) is 11.5 Å². The summed E-state index contributed by atoms with van der Waals surface area (Å²) < 4.78 is 20.3. The van der Waals surface area contributed by atoms with E-state index in [2.05, 4.69) is 18.8 Å². The molecular formula is C19H26FN3O2S. The Bertz CT molecular complexity index is 714. The number of imidazole rings is 1. The molecule has 26 heavy (non-hydrogen) atoms. The molecule has 0 bridgehead atoms. The third kappa shape index (κ3) is 4.45. The molecule has 0 atom stereocenters. The number of ether oxygens (including phenoxy) is 1. The Labute approximate surface area is 158 Å². The lowest BCUT2D eigenvalue weighted by molar-refractivity contribution is 0.0581. The van der Waals surface area contributed by atoms with E-state index in [-0.39, 0.29) is 17.8 Å². The average Bonchev–Trinajstić information content (AvgIpc) is 3.09. The van der Waals surface area contributed by atoms with Crippen LogP contribution >= 0.6 is 11.8 Å². The van der Waals surface area contributed by atoms with E-state index in [0.717, 1.165) is 12.8 Å². The molecule has 2 aromatic rings. The van der Waals surface area contributed by atoms with Crippen LogP contribution in [0.1, 0.15) is 37.2 Å². The fraction of sp³-hybridized carbons (Fsp3) is 0.474. The zero-order valence-electron chi connectivity index (χ0n) is 15.7. The van der Waals surface area contributed by atoms with E-state index < -0.39 is 0 Å². The third-order valence-corrected chi connectivity index (χ3v) is 5.05. The number of benzene rings is 1. The van der Waals surface area contributed by atoms with Crippen LogP contribution in [0.3, 0.4) is 0 Å². The highest BCUT2D eigenvalue weighted by atomic mass is 32.2. The van der Waals surface area contributed by atoms with Gasteiger partial charge in [-0.05, 0) is 43.4 Å². The Morgan fingerprint density at radius 1 is 1.31 bits per heavy atom. The zero-order chi connectivity index (χ0) is 19.1. The van der Waals surface area contributed by atoms with Gasteiger partial charge in [-0.3, -0.25) is 9.36 Å². The molecule has 0 spiro atoms. The fourth-order valence-electron chi connectivity index (χ4n) is 2.99. The molecule has 0 radical (unpaired) electrons. The molecule has 0 fully saturated rings. The highest BCUT2D eigenvalue weighted by Gasteiger charge is 2.26. The minimum Gasteiger partial charge on any atom is -0.383 e. The van der Waals surface area contributed by atoms with Crippen molar-refractivity contribution in [3.05, 3.63) is 42.0 Å². The number of aromatic nitrogens is 2. The van der Waals surface area contributed by atoms with Crippen LogP contribution in [0.4, 0.5) is 4.39 Å². The lowest BCUT2D eigenvalue weighted by Crippen LogP contribution is -2.42. The molecule has 0 aliphatic carbocycles. The monoisotopic (exact) mass is 379 g/mol. The highest BCUT2D eigenvalue weighted by molar-refractivity contribution is 7.98. The van der Waals surface area contributed by atoms with E-state index in [0.29, 0.717) is 29.7 Å². The number of thioether (sulfide) groups is 1. The van der Waals surface area contributed by atoms with Crippen LogP contribution in [-0.4, -0.2) is 52.9 Å². The van der Waals surface area contributed by atoms with Gasteiger partial charge >= 0.3 is 0 Å². The number of halogens is 1. The van der Waals surface area contributed by atoms with E-state index in [1.54, 1.807) is 30.0 Å². The Morgan fingerprint density at radius 2 is 1.96 bits per heavy atom. The van der Waals surface area contributed by atoms with Gasteiger partial charge in [0, 0.05) is 25.4 Å². The molecule has 1 amide bonds. The van der Waals surface area contributed by atoms with Crippen molar-refractivity contribution in [3.8, 4) is 5.69 Å². The first-order valence-electron chi connectivity index (χ1n) is 8.74. The van der Waals surface area contributed by atoms with Crippen LogP contribution < -0.4 is 0 Å². The normalized spacial score (nSPS) is 11.2. The molecule has 0 N–H and O–H groups in total. The maximum atomic E-state index is 13.3. The van der Waals surface area contributed by atoms with Crippen molar-refractivity contribution < 1.29 is 13.9 Å². The molecule has 5 nitrogen and oxygen atoms in total. The van der Waals surface area contributed by atoms with Gasteiger partial charge < -0.3 is 9.64 Å². The molecule has 0 aliphatic rings. The largest absolute Gasteiger partial charge is 0.383 e. The molecule has 1 heterocycles. The van der Waals surface area contributed by atoms with Crippen molar-refractivity contribution in [2.45, 2.75) is 37.9 Å². The number of methoxy groups -OCH3 is 1. The smallest absolute Gasteiger partial charge is 0.272 e. The van der Waals surface area contributed by atoms with Crippen LogP contribution in [0, 0.1) is 5.82 Å². The Hall–Kier alpha value is -1.86. The second-order valence-corrected chi connectivity index (χ2v) is 6.68. The first-order valence-corrected chi connectivity index (χ1v) is 9.97. The maximum absolute atomic E-state index is 13.3. The van der Waals surface area contributed by atoms with Crippen LogP contribution in [0.25, 0.3) is 5.69 Å². The first-order chi connectivity index (χ1) is 12.6. The number of rotatable bonds is 9.